The number of aromatic amines is 1. The average Bonchev–Trinajstić information content (AvgIpc) is 3.25. The van der Waals surface area contributed by atoms with Gasteiger partial charge in [-0.05, 0) is 24.1 Å². The van der Waals surface area contributed by atoms with E-state index < -0.39 is 0 Å². The van der Waals surface area contributed by atoms with Gasteiger partial charge in [0.15, 0.2) is 0 Å². The van der Waals surface area contributed by atoms with E-state index in [2.05, 4.69) is 22.1 Å². The Morgan fingerprint density at radius 2 is 2.15 bits per heavy atom. The van der Waals surface area contributed by atoms with Crippen LogP contribution in [0.2, 0.25) is 0 Å². The molecular weight excluding hydrogens is 330 g/mol. The monoisotopic (exact) mass is 353 g/mol. The second-order valence-corrected chi connectivity index (χ2v) is 7.02. The summed E-state index contributed by atoms with van der Waals surface area (Å²) in [4.78, 5) is 33.0. The van der Waals surface area contributed by atoms with Gasteiger partial charge in [-0.3, -0.25) is 19.7 Å². The molecule has 26 heavy (non-hydrogen) atoms. The van der Waals surface area contributed by atoms with Crippen molar-refractivity contribution >= 4 is 11.8 Å². The maximum Gasteiger partial charge on any atom is 0.228 e. The number of hydrogen-bond acceptors (Lipinski definition) is 4. The molecule has 1 atom stereocenters. The maximum absolute atomic E-state index is 13.0. The molecule has 4 heterocycles. The molecule has 0 spiro atoms. The van der Waals surface area contributed by atoms with Crippen molar-refractivity contribution in [3.05, 3.63) is 47.0 Å². The van der Waals surface area contributed by atoms with Crippen LogP contribution >= 0.6 is 0 Å². The molecule has 1 saturated heterocycles. The van der Waals surface area contributed by atoms with Gasteiger partial charge >= 0.3 is 0 Å². The van der Waals surface area contributed by atoms with Crippen molar-refractivity contribution in [2.45, 2.75) is 39.3 Å². The van der Waals surface area contributed by atoms with Crippen molar-refractivity contribution in [3.8, 4) is 0 Å². The summed E-state index contributed by atoms with van der Waals surface area (Å²) in [7, 11) is 0. The minimum Gasteiger partial charge on any atom is -0.338 e. The standard InChI is InChI=1S/C19H23N5O2/c1-2-16-15-12-23(8-5-17(15)22-21-16)19(26)14-9-18(25)24(11-14)10-13-3-6-20-7-4-13/h3-4,6-7,14H,2,5,8-12H2,1H3,(H,21,22). The van der Waals surface area contributed by atoms with Crippen molar-refractivity contribution in [1.82, 2.24) is 25.0 Å². The summed E-state index contributed by atoms with van der Waals surface area (Å²) >= 11 is 0. The van der Waals surface area contributed by atoms with E-state index in [1.54, 1.807) is 17.3 Å². The second kappa shape index (κ2) is 6.90. The van der Waals surface area contributed by atoms with Gasteiger partial charge in [0.25, 0.3) is 0 Å². The van der Waals surface area contributed by atoms with Crippen LogP contribution in [0.4, 0.5) is 0 Å². The molecular formula is C19H23N5O2. The highest BCUT2D eigenvalue weighted by Gasteiger charge is 2.37. The minimum absolute atomic E-state index is 0.0513. The third-order valence-electron chi connectivity index (χ3n) is 5.35. The van der Waals surface area contributed by atoms with Crippen LogP contribution < -0.4 is 0 Å². The van der Waals surface area contributed by atoms with E-state index in [0.717, 1.165) is 35.4 Å². The van der Waals surface area contributed by atoms with Gasteiger partial charge in [-0.15, -0.1) is 0 Å². The molecule has 0 aliphatic carbocycles. The van der Waals surface area contributed by atoms with Gasteiger partial charge in [-0.2, -0.15) is 5.10 Å². The van der Waals surface area contributed by atoms with Gasteiger partial charge in [0.2, 0.25) is 11.8 Å². The number of likely N-dealkylation sites (tertiary alicyclic amines) is 1. The Kier molecular flexibility index (Phi) is 4.44. The topological polar surface area (TPSA) is 82.2 Å². The molecule has 2 aromatic heterocycles. The van der Waals surface area contributed by atoms with Crippen LogP contribution in [0.3, 0.4) is 0 Å². The first-order valence-corrected chi connectivity index (χ1v) is 9.16. The molecule has 2 aliphatic rings. The lowest BCUT2D eigenvalue weighted by molar-refractivity contribution is -0.136. The minimum atomic E-state index is -0.247. The number of H-pyrrole nitrogens is 1. The molecule has 1 fully saturated rings. The normalized spacial score (nSPS) is 19.7. The molecule has 0 radical (unpaired) electrons. The molecule has 7 heteroatoms. The Labute approximate surface area is 152 Å². The fourth-order valence-corrected chi connectivity index (χ4v) is 3.89. The summed E-state index contributed by atoms with van der Waals surface area (Å²) in [6, 6.07) is 3.81. The molecule has 1 unspecified atom stereocenters. The average molecular weight is 353 g/mol. The van der Waals surface area contributed by atoms with Crippen LogP contribution in [0.5, 0.6) is 0 Å². The Morgan fingerprint density at radius 3 is 2.92 bits per heavy atom. The molecule has 1 N–H and O–H groups in total. The lowest BCUT2D eigenvalue weighted by Crippen LogP contribution is -2.40. The van der Waals surface area contributed by atoms with Crippen molar-refractivity contribution < 1.29 is 9.59 Å². The highest BCUT2D eigenvalue weighted by molar-refractivity contribution is 5.89. The zero-order valence-corrected chi connectivity index (χ0v) is 14.9. The molecule has 136 valence electrons. The molecule has 7 nitrogen and oxygen atoms in total. The van der Waals surface area contributed by atoms with Crippen molar-refractivity contribution in [2.75, 3.05) is 13.1 Å². The largest absolute Gasteiger partial charge is 0.338 e. The van der Waals surface area contributed by atoms with E-state index in [1.807, 2.05) is 17.0 Å². The third-order valence-corrected chi connectivity index (χ3v) is 5.35. The number of nitrogens with zero attached hydrogens (tertiary/aromatic N) is 4. The van der Waals surface area contributed by atoms with Crippen LogP contribution in [0.1, 0.15) is 35.9 Å². The number of carbonyl (C=O) groups excluding carboxylic acids is 2. The van der Waals surface area contributed by atoms with Crippen LogP contribution in [0.25, 0.3) is 0 Å². The number of fused-ring (bicyclic) bond motifs is 1. The number of amides is 2. The van der Waals surface area contributed by atoms with E-state index in [0.29, 0.717) is 32.6 Å². The van der Waals surface area contributed by atoms with Crippen LogP contribution in [0, 0.1) is 5.92 Å². The number of aryl methyl sites for hydroxylation is 1. The predicted molar refractivity (Wildman–Crippen MR) is 94.8 cm³/mol. The number of pyridine rings is 1. The molecule has 0 saturated carbocycles. The van der Waals surface area contributed by atoms with Gasteiger partial charge in [0, 0.05) is 62.7 Å². The van der Waals surface area contributed by atoms with Crippen molar-refractivity contribution in [3.63, 3.8) is 0 Å². The first kappa shape index (κ1) is 16.8. The Balaban J connectivity index is 1.42. The van der Waals surface area contributed by atoms with E-state index in [4.69, 9.17) is 0 Å². The smallest absolute Gasteiger partial charge is 0.228 e. The number of rotatable bonds is 4. The van der Waals surface area contributed by atoms with E-state index in [-0.39, 0.29) is 17.7 Å². The van der Waals surface area contributed by atoms with E-state index in [9.17, 15) is 9.59 Å². The lowest BCUT2D eigenvalue weighted by Gasteiger charge is -2.29. The van der Waals surface area contributed by atoms with Crippen LogP contribution in [0.15, 0.2) is 24.5 Å². The zero-order valence-electron chi connectivity index (χ0n) is 14.9. The van der Waals surface area contributed by atoms with Crippen molar-refractivity contribution in [2.24, 2.45) is 5.92 Å². The second-order valence-electron chi connectivity index (χ2n) is 7.02. The summed E-state index contributed by atoms with van der Waals surface area (Å²) in [6.45, 7) is 4.39. The summed E-state index contributed by atoms with van der Waals surface area (Å²) in [6.07, 6.45) is 5.41. The molecule has 2 aromatic rings. The summed E-state index contributed by atoms with van der Waals surface area (Å²) in [5, 5.41) is 7.44. The number of nitrogens with one attached hydrogen (secondary N) is 1. The van der Waals surface area contributed by atoms with Gasteiger partial charge in [0.05, 0.1) is 11.6 Å². The quantitative estimate of drug-likeness (QED) is 0.898. The van der Waals surface area contributed by atoms with Crippen molar-refractivity contribution in [1.29, 1.82) is 0 Å². The highest BCUT2D eigenvalue weighted by atomic mass is 16.2. The SMILES string of the molecule is CCc1n[nH]c2c1CN(C(=O)C1CC(=O)N(Cc3ccncc3)C1)CC2. The van der Waals surface area contributed by atoms with E-state index >= 15 is 0 Å². The Morgan fingerprint density at radius 1 is 1.35 bits per heavy atom. The molecule has 2 aliphatic heterocycles. The van der Waals surface area contributed by atoms with Gasteiger partial charge in [-0.25, -0.2) is 0 Å². The molecule has 2 amide bonds. The fraction of sp³-hybridized carbons (Fsp3) is 0.474. The number of carbonyl (C=O) groups is 2. The zero-order chi connectivity index (χ0) is 18.1. The number of hydrogen-bond donors (Lipinski definition) is 1. The third kappa shape index (κ3) is 3.09. The highest BCUT2D eigenvalue weighted by Crippen LogP contribution is 2.26. The molecule has 0 aromatic carbocycles. The van der Waals surface area contributed by atoms with Gasteiger partial charge < -0.3 is 9.80 Å². The van der Waals surface area contributed by atoms with E-state index in [1.165, 1.54) is 0 Å². The van der Waals surface area contributed by atoms with Crippen LogP contribution in [-0.4, -0.2) is 49.9 Å². The first-order chi connectivity index (χ1) is 12.7. The summed E-state index contributed by atoms with van der Waals surface area (Å²) < 4.78 is 0. The van der Waals surface area contributed by atoms with Gasteiger partial charge in [0.1, 0.15) is 0 Å². The Hall–Kier alpha value is -2.70. The Bertz CT molecular complexity index is 803. The van der Waals surface area contributed by atoms with Gasteiger partial charge in [-0.1, -0.05) is 6.92 Å². The van der Waals surface area contributed by atoms with Crippen LogP contribution in [-0.2, 0) is 35.5 Å². The summed E-state index contributed by atoms with van der Waals surface area (Å²) in [5.41, 5.74) is 4.38. The number of aromatic nitrogens is 3. The first-order valence-electron chi connectivity index (χ1n) is 9.16. The summed E-state index contributed by atoms with van der Waals surface area (Å²) in [5.74, 6) is -0.109. The maximum atomic E-state index is 13.0. The lowest BCUT2D eigenvalue weighted by atomic mass is 10.0. The fourth-order valence-electron chi connectivity index (χ4n) is 3.89. The predicted octanol–water partition coefficient (Wildman–Crippen LogP) is 1.30. The molecule has 0 bridgehead atoms. The molecule has 4 rings (SSSR count).